The molecular formula is C14H12N2O3S. The van der Waals surface area contributed by atoms with Crippen LogP contribution in [-0.4, -0.2) is 22.0 Å². The van der Waals surface area contributed by atoms with Crippen molar-refractivity contribution in [1.29, 1.82) is 0 Å². The van der Waals surface area contributed by atoms with Gasteiger partial charge in [0, 0.05) is 5.38 Å². The lowest BCUT2D eigenvalue weighted by atomic mass is 9.77. The zero-order valence-corrected chi connectivity index (χ0v) is 11.3. The fraction of sp³-hybridized carbons (Fsp3) is 0.214. The van der Waals surface area contributed by atoms with Gasteiger partial charge in [0.15, 0.2) is 5.69 Å². The van der Waals surface area contributed by atoms with Gasteiger partial charge in [-0.05, 0) is 17.5 Å². The molecule has 1 aromatic carbocycles. The molecule has 0 aliphatic heterocycles. The first-order valence-corrected chi connectivity index (χ1v) is 7.06. The first kappa shape index (κ1) is 12.8. The summed E-state index contributed by atoms with van der Waals surface area (Å²) in [4.78, 5) is 26.7. The summed E-state index contributed by atoms with van der Waals surface area (Å²) in [6.07, 6.45) is 0.764. The van der Waals surface area contributed by atoms with Crippen molar-refractivity contribution < 1.29 is 14.7 Å². The number of carbonyl (C=O) groups is 2. The second kappa shape index (κ2) is 5.05. The molecule has 1 aromatic heterocycles. The Morgan fingerprint density at radius 3 is 2.90 bits per heavy atom. The fourth-order valence-electron chi connectivity index (χ4n) is 2.27. The van der Waals surface area contributed by atoms with Crippen molar-refractivity contribution >= 4 is 23.2 Å². The maximum absolute atomic E-state index is 12.1. The van der Waals surface area contributed by atoms with Crippen LogP contribution in [0.2, 0.25) is 0 Å². The number of nitrogens with zero attached hydrogens (tertiary/aromatic N) is 1. The molecule has 2 aromatic rings. The summed E-state index contributed by atoms with van der Waals surface area (Å²) in [5, 5.41) is 13.7. The minimum Gasteiger partial charge on any atom is -0.476 e. The summed E-state index contributed by atoms with van der Waals surface area (Å²) in [6, 6.07) is 7.89. The number of carboxylic acid groups (broad SMARTS) is 1. The Hall–Kier alpha value is -2.21. The molecule has 1 aliphatic carbocycles. The number of nitrogens with one attached hydrogen (secondary N) is 1. The fourth-order valence-corrected chi connectivity index (χ4v) is 2.98. The maximum atomic E-state index is 12.1. The van der Waals surface area contributed by atoms with E-state index in [0.717, 1.165) is 12.0 Å². The van der Waals surface area contributed by atoms with E-state index in [1.807, 2.05) is 24.3 Å². The normalized spacial score (nSPS) is 16.1. The summed E-state index contributed by atoms with van der Waals surface area (Å²) < 4.78 is 0. The molecule has 1 aliphatic rings. The minimum absolute atomic E-state index is 0.0215. The van der Waals surface area contributed by atoms with Gasteiger partial charge in [-0.1, -0.05) is 24.3 Å². The van der Waals surface area contributed by atoms with Crippen LogP contribution >= 0.6 is 11.3 Å². The molecule has 0 saturated carbocycles. The third-order valence-corrected chi connectivity index (χ3v) is 4.20. The quantitative estimate of drug-likeness (QED) is 0.899. The van der Waals surface area contributed by atoms with E-state index in [1.165, 1.54) is 22.3 Å². The van der Waals surface area contributed by atoms with E-state index in [4.69, 9.17) is 5.11 Å². The van der Waals surface area contributed by atoms with Crippen LogP contribution in [-0.2, 0) is 17.8 Å². The monoisotopic (exact) mass is 288 g/mol. The average Bonchev–Trinajstić information content (AvgIpc) is 2.87. The molecule has 1 amide bonds. The molecule has 0 bridgehead atoms. The zero-order chi connectivity index (χ0) is 14.1. The molecule has 2 N–H and O–H groups in total. The molecule has 0 radical (unpaired) electrons. The van der Waals surface area contributed by atoms with Crippen LogP contribution in [0.5, 0.6) is 0 Å². The second-order valence-electron chi connectivity index (χ2n) is 4.60. The van der Waals surface area contributed by atoms with Crippen LogP contribution in [0.4, 0.5) is 0 Å². The Kier molecular flexibility index (Phi) is 3.23. The number of aromatic carboxylic acids is 1. The Morgan fingerprint density at radius 1 is 1.40 bits per heavy atom. The van der Waals surface area contributed by atoms with Gasteiger partial charge in [0.2, 0.25) is 5.91 Å². The average molecular weight is 288 g/mol. The van der Waals surface area contributed by atoms with Gasteiger partial charge in [-0.3, -0.25) is 4.79 Å². The predicted molar refractivity (Wildman–Crippen MR) is 73.8 cm³/mol. The third-order valence-electron chi connectivity index (χ3n) is 3.36. The largest absolute Gasteiger partial charge is 0.476 e. The highest BCUT2D eigenvalue weighted by Gasteiger charge is 2.31. The Balaban J connectivity index is 1.59. The first-order chi connectivity index (χ1) is 9.65. The molecular weight excluding hydrogens is 276 g/mol. The van der Waals surface area contributed by atoms with Gasteiger partial charge in [0.1, 0.15) is 5.01 Å². The van der Waals surface area contributed by atoms with Crippen molar-refractivity contribution in [1.82, 2.24) is 10.3 Å². The molecule has 1 atom stereocenters. The molecule has 6 heteroatoms. The van der Waals surface area contributed by atoms with Crippen LogP contribution in [0.25, 0.3) is 0 Å². The van der Waals surface area contributed by atoms with E-state index in [2.05, 4.69) is 10.3 Å². The molecule has 0 spiro atoms. The smallest absolute Gasteiger partial charge is 0.355 e. The highest BCUT2D eigenvalue weighted by molar-refractivity contribution is 7.09. The number of amides is 1. The summed E-state index contributed by atoms with van der Waals surface area (Å²) in [6.45, 7) is 0.273. The van der Waals surface area contributed by atoms with E-state index in [9.17, 15) is 9.59 Å². The van der Waals surface area contributed by atoms with Crippen molar-refractivity contribution in [3.8, 4) is 0 Å². The van der Waals surface area contributed by atoms with Crippen LogP contribution in [0.1, 0.15) is 32.5 Å². The second-order valence-corrected chi connectivity index (χ2v) is 5.55. The number of benzene rings is 1. The van der Waals surface area contributed by atoms with E-state index in [1.54, 1.807) is 0 Å². The van der Waals surface area contributed by atoms with Crippen LogP contribution < -0.4 is 5.32 Å². The summed E-state index contributed by atoms with van der Waals surface area (Å²) in [5.41, 5.74) is 2.32. The number of carboxylic acids is 1. The molecule has 5 nitrogen and oxygen atoms in total. The number of fused-ring (bicyclic) bond motifs is 1. The van der Waals surface area contributed by atoms with Crippen molar-refractivity contribution in [2.24, 2.45) is 0 Å². The molecule has 3 rings (SSSR count). The number of thiazole rings is 1. The first-order valence-electron chi connectivity index (χ1n) is 6.18. The Labute approximate surface area is 119 Å². The molecule has 102 valence electrons. The third kappa shape index (κ3) is 2.30. The number of aromatic nitrogens is 1. The van der Waals surface area contributed by atoms with Crippen molar-refractivity contribution in [2.45, 2.75) is 18.9 Å². The van der Waals surface area contributed by atoms with E-state index in [0.29, 0.717) is 5.01 Å². The lowest BCUT2D eigenvalue weighted by Crippen LogP contribution is -2.35. The van der Waals surface area contributed by atoms with Crippen LogP contribution in [0.15, 0.2) is 29.6 Å². The van der Waals surface area contributed by atoms with Crippen LogP contribution in [0, 0.1) is 0 Å². The zero-order valence-electron chi connectivity index (χ0n) is 10.5. The topological polar surface area (TPSA) is 79.3 Å². The van der Waals surface area contributed by atoms with Gasteiger partial charge in [-0.2, -0.15) is 0 Å². The van der Waals surface area contributed by atoms with Gasteiger partial charge in [-0.15, -0.1) is 11.3 Å². The van der Waals surface area contributed by atoms with Gasteiger partial charge in [0.05, 0.1) is 12.5 Å². The Morgan fingerprint density at radius 2 is 2.20 bits per heavy atom. The van der Waals surface area contributed by atoms with Crippen molar-refractivity contribution in [3.05, 3.63) is 51.5 Å². The number of hydrogen-bond donors (Lipinski definition) is 2. The highest BCUT2D eigenvalue weighted by Crippen LogP contribution is 2.34. The molecule has 20 heavy (non-hydrogen) atoms. The summed E-state index contributed by atoms with van der Waals surface area (Å²) >= 11 is 1.24. The van der Waals surface area contributed by atoms with Crippen molar-refractivity contribution in [2.75, 3.05) is 0 Å². The van der Waals surface area contributed by atoms with Gasteiger partial charge in [0.25, 0.3) is 0 Å². The number of hydrogen-bond acceptors (Lipinski definition) is 4. The molecule has 1 unspecified atom stereocenters. The highest BCUT2D eigenvalue weighted by atomic mass is 32.1. The molecule has 1 heterocycles. The van der Waals surface area contributed by atoms with Gasteiger partial charge >= 0.3 is 5.97 Å². The SMILES string of the molecule is O=C(O)c1csc(CNC(=O)C2Cc3ccccc32)n1. The lowest BCUT2D eigenvalue weighted by Gasteiger charge is -2.28. The van der Waals surface area contributed by atoms with E-state index < -0.39 is 5.97 Å². The minimum atomic E-state index is -1.05. The van der Waals surface area contributed by atoms with Crippen molar-refractivity contribution in [3.63, 3.8) is 0 Å². The van der Waals surface area contributed by atoms with Gasteiger partial charge in [-0.25, -0.2) is 9.78 Å². The summed E-state index contributed by atoms with van der Waals surface area (Å²) in [7, 11) is 0. The molecule has 0 saturated heterocycles. The van der Waals surface area contributed by atoms with Gasteiger partial charge < -0.3 is 10.4 Å². The van der Waals surface area contributed by atoms with E-state index in [-0.39, 0.29) is 24.1 Å². The maximum Gasteiger partial charge on any atom is 0.355 e. The molecule has 0 fully saturated rings. The Bertz CT molecular complexity index is 681. The van der Waals surface area contributed by atoms with Crippen LogP contribution in [0.3, 0.4) is 0 Å². The van der Waals surface area contributed by atoms with E-state index >= 15 is 0 Å². The number of carbonyl (C=O) groups excluding carboxylic acids is 1. The standard InChI is InChI=1S/C14H12N2O3S/c17-13(10-5-8-3-1-2-4-9(8)10)15-6-12-16-11(7-20-12)14(18)19/h1-4,7,10H,5-6H2,(H,15,17)(H,18,19). The predicted octanol–water partition coefficient (Wildman–Crippen LogP) is 1.80. The number of rotatable bonds is 4. The lowest BCUT2D eigenvalue weighted by molar-refractivity contribution is -0.123. The summed E-state index contributed by atoms with van der Waals surface area (Å²) in [5.74, 6) is -1.17.